The Hall–Kier alpha value is -0.540. The summed E-state index contributed by atoms with van der Waals surface area (Å²) < 4.78 is 24.4. The summed E-state index contributed by atoms with van der Waals surface area (Å²) in [5, 5.41) is 0. The Morgan fingerprint density at radius 3 is 2.00 bits per heavy atom. The normalized spacial score (nSPS) is 12.6. The largest absolute Gasteiger partial charge is 0.224 e. The Morgan fingerprint density at radius 2 is 1.50 bits per heavy atom. The Balaban J connectivity index is 2.64. The average molecular weight is 317 g/mol. The molecule has 20 heavy (non-hydrogen) atoms. The molecule has 0 amide bonds. The van der Waals surface area contributed by atoms with Gasteiger partial charge in [-0.05, 0) is 36.0 Å². The van der Waals surface area contributed by atoms with Gasteiger partial charge in [0.2, 0.25) is 0 Å². The zero-order valence-corrected chi connectivity index (χ0v) is 14.2. The van der Waals surface area contributed by atoms with Gasteiger partial charge in [0.15, 0.2) is 9.84 Å². The summed E-state index contributed by atoms with van der Waals surface area (Å²) in [6, 6.07) is 7.30. The SMILES string of the molecule is CC(C)(C)c1ccc(S(=O)(=O)CCCCCCCl)cc1. The maximum absolute atomic E-state index is 12.2. The molecule has 0 bridgehead atoms. The van der Waals surface area contributed by atoms with Gasteiger partial charge in [-0.25, -0.2) is 8.42 Å². The summed E-state index contributed by atoms with van der Waals surface area (Å²) in [5.74, 6) is 0.880. The number of hydrogen-bond donors (Lipinski definition) is 0. The van der Waals surface area contributed by atoms with Gasteiger partial charge in [-0.3, -0.25) is 0 Å². The van der Waals surface area contributed by atoms with Crippen molar-refractivity contribution in [3.63, 3.8) is 0 Å². The molecule has 0 aliphatic carbocycles. The highest BCUT2D eigenvalue weighted by Gasteiger charge is 2.17. The average Bonchev–Trinajstić information content (AvgIpc) is 2.37. The standard InChI is InChI=1S/C16H25ClO2S/c1-16(2,3)14-8-10-15(11-9-14)20(18,19)13-7-5-4-6-12-17/h8-11H,4-7,12-13H2,1-3H3. The van der Waals surface area contributed by atoms with Gasteiger partial charge in [0, 0.05) is 5.88 Å². The van der Waals surface area contributed by atoms with E-state index in [1.54, 1.807) is 12.1 Å². The molecular formula is C16H25ClO2S. The molecule has 2 nitrogen and oxygen atoms in total. The highest BCUT2D eigenvalue weighted by molar-refractivity contribution is 7.91. The van der Waals surface area contributed by atoms with Gasteiger partial charge in [-0.2, -0.15) is 0 Å². The van der Waals surface area contributed by atoms with Crippen LogP contribution < -0.4 is 0 Å². The molecule has 0 aliphatic rings. The molecular weight excluding hydrogens is 292 g/mol. The summed E-state index contributed by atoms with van der Waals surface area (Å²) in [6.07, 6.45) is 3.59. The van der Waals surface area contributed by atoms with Gasteiger partial charge >= 0.3 is 0 Å². The first-order chi connectivity index (χ1) is 9.27. The van der Waals surface area contributed by atoms with Crippen LogP contribution in [0.3, 0.4) is 0 Å². The molecule has 0 atom stereocenters. The van der Waals surface area contributed by atoms with Crippen LogP contribution >= 0.6 is 11.6 Å². The van der Waals surface area contributed by atoms with E-state index in [1.807, 2.05) is 12.1 Å². The molecule has 0 spiro atoms. The van der Waals surface area contributed by atoms with E-state index in [1.165, 1.54) is 0 Å². The predicted molar refractivity (Wildman–Crippen MR) is 86.4 cm³/mol. The molecule has 1 rings (SSSR count). The van der Waals surface area contributed by atoms with Crippen molar-refractivity contribution in [1.29, 1.82) is 0 Å². The van der Waals surface area contributed by atoms with Gasteiger partial charge in [0.1, 0.15) is 0 Å². The van der Waals surface area contributed by atoms with Gasteiger partial charge < -0.3 is 0 Å². The van der Waals surface area contributed by atoms with Crippen molar-refractivity contribution in [1.82, 2.24) is 0 Å². The Kier molecular flexibility index (Phi) is 6.53. The topological polar surface area (TPSA) is 34.1 Å². The zero-order valence-electron chi connectivity index (χ0n) is 12.7. The lowest BCUT2D eigenvalue weighted by atomic mass is 9.87. The minimum Gasteiger partial charge on any atom is -0.224 e. The van der Waals surface area contributed by atoms with Crippen LogP contribution in [0.25, 0.3) is 0 Å². The third-order valence-electron chi connectivity index (χ3n) is 3.38. The van der Waals surface area contributed by atoms with Crippen LogP contribution in [0.5, 0.6) is 0 Å². The third kappa shape index (κ3) is 5.45. The van der Waals surface area contributed by atoms with Crippen molar-refractivity contribution in [3.05, 3.63) is 29.8 Å². The van der Waals surface area contributed by atoms with Crippen molar-refractivity contribution in [2.24, 2.45) is 0 Å². The van der Waals surface area contributed by atoms with Crippen LogP contribution in [0.1, 0.15) is 52.0 Å². The predicted octanol–water partition coefficient (Wildman–Crippen LogP) is 4.56. The second-order valence-corrected chi connectivity index (χ2v) is 8.68. The van der Waals surface area contributed by atoms with Crippen molar-refractivity contribution in [2.75, 3.05) is 11.6 Å². The van der Waals surface area contributed by atoms with Crippen LogP contribution in [0.4, 0.5) is 0 Å². The Labute approximate surface area is 128 Å². The third-order valence-corrected chi connectivity index (χ3v) is 5.46. The lowest BCUT2D eigenvalue weighted by Gasteiger charge is -2.19. The number of benzene rings is 1. The molecule has 1 aromatic rings. The number of halogens is 1. The first-order valence-corrected chi connectivity index (χ1v) is 9.35. The molecule has 0 saturated heterocycles. The number of rotatable bonds is 7. The van der Waals surface area contributed by atoms with Crippen molar-refractivity contribution in [2.45, 2.75) is 56.8 Å². The molecule has 0 heterocycles. The van der Waals surface area contributed by atoms with Gasteiger partial charge in [-0.1, -0.05) is 45.7 Å². The Bertz CT molecular complexity index is 498. The highest BCUT2D eigenvalue weighted by atomic mass is 35.5. The fourth-order valence-corrected chi connectivity index (χ4v) is 3.58. The van der Waals surface area contributed by atoms with E-state index >= 15 is 0 Å². The summed E-state index contributed by atoms with van der Waals surface area (Å²) in [4.78, 5) is 0.433. The van der Waals surface area contributed by atoms with Crippen LogP contribution in [0, 0.1) is 0 Å². The molecule has 0 saturated carbocycles. The molecule has 4 heteroatoms. The first-order valence-electron chi connectivity index (χ1n) is 7.16. The van der Waals surface area contributed by atoms with Crippen LogP contribution in [-0.2, 0) is 15.3 Å². The maximum Gasteiger partial charge on any atom is 0.178 e. The highest BCUT2D eigenvalue weighted by Crippen LogP contribution is 2.24. The summed E-state index contributed by atoms with van der Waals surface area (Å²) in [7, 11) is -3.14. The van der Waals surface area contributed by atoms with Crippen LogP contribution in [0.15, 0.2) is 29.2 Å². The number of hydrogen-bond acceptors (Lipinski definition) is 2. The number of sulfone groups is 1. The van der Waals surface area contributed by atoms with E-state index in [2.05, 4.69) is 20.8 Å². The summed E-state index contributed by atoms with van der Waals surface area (Å²) in [5.41, 5.74) is 1.20. The van der Waals surface area contributed by atoms with Crippen molar-refractivity contribution in [3.8, 4) is 0 Å². The van der Waals surface area contributed by atoms with Crippen LogP contribution in [0.2, 0.25) is 0 Å². The molecule has 0 radical (unpaired) electrons. The zero-order chi connectivity index (χ0) is 15.2. The lowest BCUT2D eigenvalue weighted by molar-refractivity contribution is 0.583. The quantitative estimate of drug-likeness (QED) is 0.546. The fourth-order valence-electron chi connectivity index (χ4n) is 2.02. The van der Waals surface area contributed by atoms with Crippen molar-refractivity contribution >= 4 is 21.4 Å². The van der Waals surface area contributed by atoms with E-state index in [0.29, 0.717) is 17.2 Å². The van der Waals surface area contributed by atoms with E-state index in [-0.39, 0.29) is 11.2 Å². The van der Waals surface area contributed by atoms with Gasteiger partial charge in [0.05, 0.1) is 10.6 Å². The van der Waals surface area contributed by atoms with Gasteiger partial charge in [-0.15, -0.1) is 11.6 Å². The minimum absolute atomic E-state index is 0.0455. The smallest absolute Gasteiger partial charge is 0.178 e. The fraction of sp³-hybridized carbons (Fsp3) is 0.625. The second-order valence-electron chi connectivity index (χ2n) is 6.20. The maximum atomic E-state index is 12.2. The Morgan fingerprint density at radius 1 is 0.950 bits per heavy atom. The number of alkyl halides is 1. The molecule has 0 unspecified atom stereocenters. The summed E-state index contributed by atoms with van der Waals surface area (Å²) in [6.45, 7) is 6.36. The molecule has 0 aliphatic heterocycles. The van der Waals surface area contributed by atoms with Crippen molar-refractivity contribution < 1.29 is 8.42 Å². The minimum atomic E-state index is -3.14. The summed E-state index contributed by atoms with van der Waals surface area (Å²) >= 11 is 5.60. The van der Waals surface area contributed by atoms with E-state index in [4.69, 9.17) is 11.6 Å². The van der Waals surface area contributed by atoms with E-state index in [0.717, 1.165) is 24.8 Å². The monoisotopic (exact) mass is 316 g/mol. The lowest BCUT2D eigenvalue weighted by Crippen LogP contribution is -2.12. The van der Waals surface area contributed by atoms with E-state index < -0.39 is 9.84 Å². The van der Waals surface area contributed by atoms with Crippen LogP contribution in [-0.4, -0.2) is 20.1 Å². The second kappa shape index (κ2) is 7.46. The van der Waals surface area contributed by atoms with Gasteiger partial charge in [0.25, 0.3) is 0 Å². The molecule has 0 N–H and O–H groups in total. The van der Waals surface area contributed by atoms with E-state index in [9.17, 15) is 8.42 Å². The molecule has 0 aromatic heterocycles. The number of unbranched alkanes of at least 4 members (excludes halogenated alkanes) is 3. The first kappa shape index (κ1) is 17.5. The molecule has 0 fully saturated rings. The molecule has 1 aromatic carbocycles. The molecule has 114 valence electrons.